The predicted octanol–water partition coefficient (Wildman–Crippen LogP) is 2.29. The van der Waals surface area contributed by atoms with E-state index in [9.17, 15) is 0 Å². The summed E-state index contributed by atoms with van der Waals surface area (Å²) in [4.78, 5) is 4.21. The zero-order chi connectivity index (χ0) is 10.5. The molecule has 1 heterocycles. The summed E-state index contributed by atoms with van der Waals surface area (Å²) in [5, 5.41) is 7.54. The first kappa shape index (κ1) is 10.5. The van der Waals surface area contributed by atoms with Gasteiger partial charge in [-0.25, -0.2) is 4.68 Å². The molecule has 1 aliphatic carbocycles. The zero-order valence-corrected chi connectivity index (χ0v) is 9.45. The SMILES string of the molecule is CCn1ncnc1NCC1CCCCC1. The Morgan fingerprint density at radius 1 is 1.40 bits per heavy atom. The van der Waals surface area contributed by atoms with Crippen LogP contribution in [0, 0.1) is 5.92 Å². The van der Waals surface area contributed by atoms with E-state index in [-0.39, 0.29) is 0 Å². The summed E-state index contributed by atoms with van der Waals surface area (Å²) in [7, 11) is 0. The minimum atomic E-state index is 0.834. The second kappa shape index (κ2) is 5.14. The molecule has 0 amide bonds. The summed E-state index contributed by atoms with van der Waals surface area (Å²) in [6.45, 7) is 4.02. The van der Waals surface area contributed by atoms with Crippen molar-refractivity contribution in [1.29, 1.82) is 0 Å². The molecule has 0 atom stereocenters. The third-order valence-electron chi connectivity index (χ3n) is 3.19. The summed E-state index contributed by atoms with van der Waals surface area (Å²) >= 11 is 0. The monoisotopic (exact) mass is 208 g/mol. The molecule has 1 fully saturated rings. The highest BCUT2D eigenvalue weighted by molar-refractivity contribution is 5.22. The molecule has 0 radical (unpaired) electrons. The van der Waals surface area contributed by atoms with Gasteiger partial charge in [0.25, 0.3) is 0 Å². The van der Waals surface area contributed by atoms with Crippen molar-refractivity contribution in [1.82, 2.24) is 14.8 Å². The number of nitrogens with zero attached hydrogens (tertiary/aromatic N) is 3. The molecular weight excluding hydrogens is 188 g/mol. The van der Waals surface area contributed by atoms with E-state index in [0.717, 1.165) is 25.0 Å². The van der Waals surface area contributed by atoms with Crippen molar-refractivity contribution in [2.75, 3.05) is 11.9 Å². The third-order valence-corrected chi connectivity index (χ3v) is 3.19. The molecule has 1 saturated carbocycles. The van der Waals surface area contributed by atoms with E-state index in [1.165, 1.54) is 32.1 Å². The van der Waals surface area contributed by atoms with Crippen LogP contribution in [0.1, 0.15) is 39.0 Å². The maximum atomic E-state index is 4.21. The van der Waals surface area contributed by atoms with Crippen molar-refractivity contribution in [2.45, 2.75) is 45.6 Å². The molecule has 4 heteroatoms. The van der Waals surface area contributed by atoms with Gasteiger partial charge in [-0.3, -0.25) is 0 Å². The van der Waals surface area contributed by atoms with Gasteiger partial charge in [-0.2, -0.15) is 10.1 Å². The molecule has 0 aliphatic heterocycles. The second-order valence-corrected chi connectivity index (χ2v) is 4.28. The van der Waals surface area contributed by atoms with Crippen molar-refractivity contribution >= 4 is 5.95 Å². The summed E-state index contributed by atoms with van der Waals surface area (Å²) in [6, 6.07) is 0. The van der Waals surface area contributed by atoms with Crippen molar-refractivity contribution in [3.8, 4) is 0 Å². The molecule has 0 aromatic carbocycles. The van der Waals surface area contributed by atoms with Crippen molar-refractivity contribution < 1.29 is 0 Å². The van der Waals surface area contributed by atoms with Crippen LogP contribution < -0.4 is 5.32 Å². The molecule has 1 aromatic rings. The molecule has 1 N–H and O–H groups in total. The predicted molar refractivity (Wildman–Crippen MR) is 60.8 cm³/mol. The van der Waals surface area contributed by atoms with Gasteiger partial charge in [0.05, 0.1) is 0 Å². The van der Waals surface area contributed by atoms with Crippen LogP contribution in [0.5, 0.6) is 0 Å². The van der Waals surface area contributed by atoms with Gasteiger partial charge in [0.15, 0.2) is 0 Å². The van der Waals surface area contributed by atoms with Crippen LogP contribution in [0.2, 0.25) is 0 Å². The summed E-state index contributed by atoms with van der Waals surface area (Å²) in [6.07, 6.45) is 8.56. The number of nitrogens with one attached hydrogen (secondary N) is 1. The van der Waals surface area contributed by atoms with Crippen LogP contribution in [-0.4, -0.2) is 21.3 Å². The first-order chi connectivity index (χ1) is 7.40. The smallest absolute Gasteiger partial charge is 0.221 e. The third kappa shape index (κ3) is 2.70. The first-order valence-electron chi connectivity index (χ1n) is 6.02. The van der Waals surface area contributed by atoms with Crippen LogP contribution in [-0.2, 0) is 6.54 Å². The highest BCUT2D eigenvalue weighted by atomic mass is 15.4. The standard InChI is InChI=1S/C11H20N4/c1-2-15-11(13-9-14-15)12-8-10-6-4-3-5-7-10/h9-10H,2-8H2,1H3,(H,12,13,14). The Bertz CT molecular complexity index is 289. The molecule has 84 valence electrons. The Balaban J connectivity index is 1.81. The van der Waals surface area contributed by atoms with Crippen LogP contribution in [0.25, 0.3) is 0 Å². The lowest BCUT2D eigenvalue weighted by molar-refractivity contribution is 0.372. The number of aromatic nitrogens is 3. The Kier molecular flexibility index (Phi) is 3.59. The molecule has 0 spiro atoms. The van der Waals surface area contributed by atoms with Crippen LogP contribution in [0.4, 0.5) is 5.95 Å². The average Bonchev–Trinajstić information content (AvgIpc) is 2.75. The highest BCUT2D eigenvalue weighted by Gasteiger charge is 2.13. The van der Waals surface area contributed by atoms with Gasteiger partial charge in [-0.1, -0.05) is 19.3 Å². The van der Waals surface area contributed by atoms with Crippen molar-refractivity contribution in [2.24, 2.45) is 5.92 Å². The lowest BCUT2D eigenvalue weighted by atomic mass is 9.89. The fourth-order valence-electron chi connectivity index (χ4n) is 2.26. The first-order valence-corrected chi connectivity index (χ1v) is 6.02. The lowest BCUT2D eigenvalue weighted by Crippen LogP contribution is -2.19. The summed E-state index contributed by atoms with van der Waals surface area (Å²) in [5.74, 6) is 1.75. The maximum absolute atomic E-state index is 4.21. The van der Waals surface area contributed by atoms with E-state index in [1.54, 1.807) is 6.33 Å². The van der Waals surface area contributed by atoms with Crippen LogP contribution in [0.3, 0.4) is 0 Å². The van der Waals surface area contributed by atoms with Gasteiger partial charge >= 0.3 is 0 Å². The van der Waals surface area contributed by atoms with Gasteiger partial charge in [-0.15, -0.1) is 0 Å². The lowest BCUT2D eigenvalue weighted by Gasteiger charge is -2.21. The average molecular weight is 208 g/mol. The molecule has 0 saturated heterocycles. The Morgan fingerprint density at radius 3 is 2.93 bits per heavy atom. The minimum absolute atomic E-state index is 0.834. The summed E-state index contributed by atoms with van der Waals surface area (Å²) < 4.78 is 1.91. The summed E-state index contributed by atoms with van der Waals surface area (Å²) in [5.41, 5.74) is 0. The quantitative estimate of drug-likeness (QED) is 0.825. The number of aryl methyl sites for hydroxylation is 1. The fraction of sp³-hybridized carbons (Fsp3) is 0.818. The van der Waals surface area contributed by atoms with Crippen molar-refractivity contribution in [3.05, 3.63) is 6.33 Å². The van der Waals surface area contributed by atoms with E-state index >= 15 is 0 Å². The molecule has 2 rings (SSSR count). The topological polar surface area (TPSA) is 42.7 Å². The molecule has 4 nitrogen and oxygen atoms in total. The Morgan fingerprint density at radius 2 is 2.20 bits per heavy atom. The number of rotatable bonds is 4. The van der Waals surface area contributed by atoms with E-state index < -0.39 is 0 Å². The molecule has 0 unspecified atom stereocenters. The second-order valence-electron chi connectivity index (χ2n) is 4.28. The minimum Gasteiger partial charge on any atom is -0.354 e. The molecule has 1 aromatic heterocycles. The molecule has 1 aliphatic rings. The normalized spacial score (nSPS) is 17.9. The number of anilines is 1. The fourth-order valence-corrected chi connectivity index (χ4v) is 2.26. The molecule has 0 bridgehead atoms. The van der Waals surface area contributed by atoms with E-state index in [0.29, 0.717) is 0 Å². The van der Waals surface area contributed by atoms with Crippen molar-refractivity contribution in [3.63, 3.8) is 0 Å². The van der Waals surface area contributed by atoms with E-state index in [2.05, 4.69) is 22.3 Å². The van der Waals surface area contributed by atoms with E-state index in [4.69, 9.17) is 0 Å². The molecular formula is C11H20N4. The Hall–Kier alpha value is -1.06. The van der Waals surface area contributed by atoms with Gasteiger partial charge in [0, 0.05) is 13.1 Å². The van der Waals surface area contributed by atoms with E-state index in [1.807, 2.05) is 4.68 Å². The van der Waals surface area contributed by atoms with Crippen LogP contribution >= 0.6 is 0 Å². The van der Waals surface area contributed by atoms with Crippen LogP contribution in [0.15, 0.2) is 6.33 Å². The number of hydrogen-bond acceptors (Lipinski definition) is 3. The van der Waals surface area contributed by atoms with Gasteiger partial charge in [0.2, 0.25) is 5.95 Å². The Labute approximate surface area is 91.1 Å². The molecule has 15 heavy (non-hydrogen) atoms. The highest BCUT2D eigenvalue weighted by Crippen LogP contribution is 2.23. The largest absolute Gasteiger partial charge is 0.354 e. The van der Waals surface area contributed by atoms with Gasteiger partial charge in [0.1, 0.15) is 6.33 Å². The van der Waals surface area contributed by atoms with Gasteiger partial charge < -0.3 is 5.32 Å². The maximum Gasteiger partial charge on any atom is 0.221 e. The zero-order valence-electron chi connectivity index (χ0n) is 9.45. The number of hydrogen-bond donors (Lipinski definition) is 1. The van der Waals surface area contributed by atoms with Gasteiger partial charge in [-0.05, 0) is 25.7 Å².